The van der Waals surface area contributed by atoms with E-state index in [2.05, 4.69) is 5.10 Å². The molecule has 132 valence electrons. The SMILES string of the molecule is COc1ccc(-c2ccc(=O)n(CC(=O)N3CCCCCC3)n2)cc1. The lowest BCUT2D eigenvalue weighted by Gasteiger charge is -2.20. The lowest BCUT2D eigenvalue weighted by molar-refractivity contribution is -0.132. The lowest BCUT2D eigenvalue weighted by Crippen LogP contribution is -2.37. The predicted molar refractivity (Wildman–Crippen MR) is 95.5 cm³/mol. The Hall–Kier alpha value is -2.63. The molecule has 0 aliphatic carbocycles. The molecule has 0 saturated carbocycles. The van der Waals surface area contributed by atoms with E-state index in [4.69, 9.17) is 4.74 Å². The van der Waals surface area contributed by atoms with Crippen LogP contribution in [0.4, 0.5) is 0 Å². The fourth-order valence-electron chi connectivity index (χ4n) is 3.03. The second kappa shape index (κ2) is 7.96. The summed E-state index contributed by atoms with van der Waals surface area (Å²) in [4.78, 5) is 26.5. The number of likely N-dealkylation sites (tertiary alicyclic amines) is 1. The Balaban J connectivity index is 1.78. The van der Waals surface area contributed by atoms with Gasteiger partial charge in [0, 0.05) is 24.7 Å². The first-order valence-electron chi connectivity index (χ1n) is 8.68. The van der Waals surface area contributed by atoms with Crippen molar-refractivity contribution in [2.45, 2.75) is 32.2 Å². The number of carbonyl (C=O) groups is 1. The Labute approximate surface area is 147 Å². The van der Waals surface area contributed by atoms with Crippen molar-refractivity contribution in [2.75, 3.05) is 20.2 Å². The average Bonchev–Trinajstić information content (AvgIpc) is 2.93. The molecular formula is C19H23N3O3. The zero-order chi connectivity index (χ0) is 17.6. The third-order valence-electron chi connectivity index (χ3n) is 4.50. The number of nitrogens with zero attached hydrogens (tertiary/aromatic N) is 3. The lowest BCUT2D eigenvalue weighted by atomic mass is 10.1. The van der Waals surface area contributed by atoms with E-state index in [-0.39, 0.29) is 18.0 Å². The zero-order valence-electron chi connectivity index (χ0n) is 14.5. The summed E-state index contributed by atoms with van der Waals surface area (Å²) in [5, 5.41) is 4.37. The van der Waals surface area contributed by atoms with Gasteiger partial charge in [0.15, 0.2) is 0 Å². The van der Waals surface area contributed by atoms with Crippen molar-refractivity contribution in [1.29, 1.82) is 0 Å². The first kappa shape index (κ1) is 17.2. The first-order valence-corrected chi connectivity index (χ1v) is 8.68. The Bertz CT molecular complexity index is 775. The van der Waals surface area contributed by atoms with Gasteiger partial charge in [-0.3, -0.25) is 9.59 Å². The quantitative estimate of drug-likeness (QED) is 0.856. The van der Waals surface area contributed by atoms with Crippen LogP contribution < -0.4 is 10.3 Å². The van der Waals surface area contributed by atoms with Crippen LogP contribution in [0.25, 0.3) is 11.3 Å². The molecule has 2 heterocycles. The van der Waals surface area contributed by atoms with Crippen molar-refractivity contribution in [3.05, 3.63) is 46.8 Å². The van der Waals surface area contributed by atoms with Crippen LogP contribution in [0.15, 0.2) is 41.2 Å². The van der Waals surface area contributed by atoms with Crippen molar-refractivity contribution in [3.8, 4) is 17.0 Å². The number of carbonyl (C=O) groups excluding carboxylic acids is 1. The summed E-state index contributed by atoms with van der Waals surface area (Å²) >= 11 is 0. The molecule has 6 heteroatoms. The van der Waals surface area contributed by atoms with Crippen molar-refractivity contribution in [3.63, 3.8) is 0 Å². The molecule has 0 N–H and O–H groups in total. The van der Waals surface area contributed by atoms with Gasteiger partial charge in [-0.25, -0.2) is 4.68 Å². The first-order chi connectivity index (χ1) is 12.2. The molecule has 0 unspecified atom stereocenters. The third-order valence-corrected chi connectivity index (χ3v) is 4.50. The number of benzene rings is 1. The summed E-state index contributed by atoms with van der Waals surface area (Å²) < 4.78 is 6.41. The topological polar surface area (TPSA) is 64.4 Å². The monoisotopic (exact) mass is 341 g/mol. The summed E-state index contributed by atoms with van der Waals surface area (Å²) in [5.41, 5.74) is 1.27. The van der Waals surface area contributed by atoms with E-state index >= 15 is 0 Å². The summed E-state index contributed by atoms with van der Waals surface area (Å²) in [6, 6.07) is 10.6. The molecule has 1 aromatic carbocycles. The summed E-state index contributed by atoms with van der Waals surface area (Å²) in [5.74, 6) is 0.719. The molecule has 1 aliphatic rings. The number of aromatic nitrogens is 2. The van der Waals surface area contributed by atoms with Crippen molar-refractivity contribution in [1.82, 2.24) is 14.7 Å². The molecule has 2 aromatic rings. The minimum absolute atomic E-state index is 0.0111. The van der Waals surface area contributed by atoms with Crippen LogP contribution in [0.3, 0.4) is 0 Å². The highest BCUT2D eigenvalue weighted by atomic mass is 16.5. The second-order valence-electron chi connectivity index (χ2n) is 6.24. The average molecular weight is 341 g/mol. The minimum Gasteiger partial charge on any atom is -0.497 e. The van der Waals surface area contributed by atoms with Crippen LogP contribution in [-0.2, 0) is 11.3 Å². The van der Waals surface area contributed by atoms with E-state index in [9.17, 15) is 9.59 Å². The second-order valence-corrected chi connectivity index (χ2v) is 6.24. The van der Waals surface area contributed by atoms with Crippen LogP contribution in [0.5, 0.6) is 5.75 Å². The number of amides is 1. The highest BCUT2D eigenvalue weighted by Crippen LogP contribution is 2.19. The molecule has 6 nitrogen and oxygen atoms in total. The van der Waals surface area contributed by atoms with E-state index in [1.165, 1.54) is 10.7 Å². The maximum Gasteiger partial charge on any atom is 0.267 e. The zero-order valence-corrected chi connectivity index (χ0v) is 14.5. The summed E-state index contributed by atoms with van der Waals surface area (Å²) in [6.45, 7) is 1.53. The molecule has 1 aliphatic heterocycles. The van der Waals surface area contributed by atoms with E-state index in [1.807, 2.05) is 29.2 Å². The van der Waals surface area contributed by atoms with Crippen LogP contribution >= 0.6 is 0 Å². The van der Waals surface area contributed by atoms with Gasteiger partial charge in [0.1, 0.15) is 12.3 Å². The van der Waals surface area contributed by atoms with E-state index in [0.717, 1.165) is 50.1 Å². The smallest absolute Gasteiger partial charge is 0.267 e. The maximum absolute atomic E-state index is 12.5. The van der Waals surface area contributed by atoms with E-state index in [0.29, 0.717) is 5.69 Å². The van der Waals surface area contributed by atoms with Gasteiger partial charge in [-0.05, 0) is 43.2 Å². The van der Waals surface area contributed by atoms with Crippen molar-refractivity contribution < 1.29 is 9.53 Å². The van der Waals surface area contributed by atoms with Crippen LogP contribution in [0.2, 0.25) is 0 Å². The van der Waals surface area contributed by atoms with Gasteiger partial charge < -0.3 is 9.64 Å². The van der Waals surface area contributed by atoms with Crippen LogP contribution in [0, 0.1) is 0 Å². The molecule has 1 amide bonds. The highest BCUT2D eigenvalue weighted by molar-refractivity contribution is 5.76. The maximum atomic E-state index is 12.5. The Morgan fingerprint density at radius 1 is 1.04 bits per heavy atom. The fourth-order valence-corrected chi connectivity index (χ4v) is 3.03. The molecule has 0 radical (unpaired) electrons. The van der Waals surface area contributed by atoms with Gasteiger partial charge in [0.05, 0.1) is 12.8 Å². The summed E-state index contributed by atoms with van der Waals surface area (Å²) in [6.07, 6.45) is 4.38. The van der Waals surface area contributed by atoms with E-state index in [1.54, 1.807) is 13.2 Å². The normalized spacial score (nSPS) is 14.8. The molecule has 1 saturated heterocycles. The molecular weight excluding hydrogens is 318 g/mol. The minimum atomic E-state index is -0.263. The Kier molecular flexibility index (Phi) is 5.48. The molecule has 1 aromatic heterocycles. The van der Waals surface area contributed by atoms with Gasteiger partial charge in [-0.2, -0.15) is 5.10 Å². The standard InChI is InChI=1S/C19H23N3O3/c1-25-16-8-6-15(7-9-16)17-10-11-18(23)22(20-17)14-19(24)21-12-4-2-3-5-13-21/h6-11H,2-5,12-14H2,1H3. The third kappa shape index (κ3) is 4.26. The van der Waals surface area contributed by atoms with Crippen molar-refractivity contribution in [2.24, 2.45) is 0 Å². The van der Waals surface area contributed by atoms with E-state index < -0.39 is 0 Å². The number of rotatable bonds is 4. The van der Waals surface area contributed by atoms with Gasteiger partial charge in [-0.1, -0.05) is 12.8 Å². The molecule has 0 bridgehead atoms. The van der Waals surface area contributed by atoms with Gasteiger partial charge in [0.2, 0.25) is 5.91 Å². The number of methoxy groups -OCH3 is 1. The predicted octanol–water partition coefficient (Wildman–Crippen LogP) is 2.32. The highest BCUT2D eigenvalue weighted by Gasteiger charge is 2.17. The van der Waals surface area contributed by atoms with Crippen LogP contribution in [0.1, 0.15) is 25.7 Å². The van der Waals surface area contributed by atoms with Gasteiger partial charge in [-0.15, -0.1) is 0 Å². The largest absolute Gasteiger partial charge is 0.497 e. The van der Waals surface area contributed by atoms with Crippen LogP contribution in [-0.4, -0.2) is 40.8 Å². The Morgan fingerprint density at radius 2 is 1.72 bits per heavy atom. The number of hydrogen-bond donors (Lipinski definition) is 0. The van der Waals surface area contributed by atoms with Gasteiger partial charge in [0.25, 0.3) is 5.56 Å². The molecule has 25 heavy (non-hydrogen) atoms. The number of ether oxygens (including phenoxy) is 1. The molecule has 0 spiro atoms. The Morgan fingerprint density at radius 3 is 2.36 bits per heavy atom. The summed E-state index contributed by atoms with van der Waals surface area (Å²) in [7, 11) is 1.61. The number of hydrogen-bond acceptors (Lipinski definition) is 4. The molecule has 0 atom stereocenters. The molecule has 3 rings (SSSR count). The van der Waals surface area contributed by atoms with Crippen molar-refractivity contribution >= 4 is 5.91 Å². The molecule has 1 fully saturated rings. The van der Waals surface area contributed by atoms with Gasteiger partial charge >= 0.3 is 0 Å². The fraction of sp³-hybridized carbons (Fsp3) is 0.421.